The zero-order valence-corrected chi connectivity index (χ0v) is 11.7. The minimum Gasteiger partial charge on any atom is -0.481 e. The molecule has 1 unspecified atom stereocenters. The summed E-state index contributed by atoms with van der Waals surface area (Å²) in [5, 5.41) is 8.96. The van der Waals surface area contributed by atoms with Gasteiger partial charge in [0.15, 0.2) is 0 Å². The van der Waals surface area contributed by atoms with Crippen LogP contribution in [0.15, 0.2) is 24.3 Å². The normalized spacial score (nSPS) is 19.9. The van der Waals surface area contributed by atoms with E-state index < -0.39 is 5.97 Å². The third kappa shape index (κ3) is 4.30. The Morgan fingerprint density at radius 1 is 1.50 bits per heavy atom. The van der Waals surface area contributed by atoms with Gasteiger partial charge in [-0.3, -0.25) is 9.69 Å². The van der Waals surface area contributed by atoms with Crippen molar-refractivity contribution in [3.63, 3.8) is 0 Å². The zero-order valence-electron chi connectivity index (χ0n) is 11.7. The van der Waals surface area contributed by atoms with E-state index >= 15 is 0 Å². The molecule has 1 aromatic carbocycles. The number of benzene rings is 1. The molecule has 0 saturated carbocycles. The highest BCUT2D eigenvalue weighted by atomic mass is 16.5. The number of aliphatic carboxylic acids is 1. The highest BCUT2D eigenvalue weighted by Crippen LogP contribution is 2.16. The van der Waals surface area contributed by atoms with Crippen molar-refractivity contribution in [3.8, 4) is 0 Å². The molecule has 1 aromatic rings. The number of methoxy groups -OCH3 is 1. The molecule has 5 nitrogen and oxygen atoms in total. The summed E-state index contributed by atoms with van der Waals surface area (Å²) in [4.78, 5) is 13.1. The number of hydrogen-bond donors (Lipinski definition) is 1. The maximum absolute atomic E-state index is 10.9. The van der Waals surface area contributed by atoms with Crippen LogP contribution in [0.3, 0.4) is 0 Å². The van der Waals surface area contributed by atoms with E-state index in [1.165, 1.54) is 5.56 Å². The fourth-order valence-corrected chi connectivity index (χ4v) is 2.51. The van der Waals surface area contributed by atoms with Crippen LogP contribution in [0.2, 0.25) is 0 Å². The van der Waals surface area contributed by atoms with Crippen molar-refractivity contribution in [2.75, 3.05) is 26.9 Å². The largest absolute Gasteiger partial charge is 0.481 e. The number of ether oxygens (including phenoxy) is 2. The molecule has 1 saturated heterocycles. The van der Waals surface area contributed by atoms with E-state index in [-0.39, 0.29) is 12.5 Å². The molecular weight excluding hydrogens is 258 g/mol. The third-order valence-electron chi connectivity index (χ3n) is 3.45. The number of hydrogen-bond acceptors (Lipinski definition) is 4. The topological polar surface area (TPSA) is 59.0 Å². The number of carboxylic acid groups (broad SMARTS) is 1. The van der Waals surface area contributed by atoms with Gasteiger partial charge in [-0.25, -0.2) is 0 Å². The van der Waals surface area contributed by atoms with Crippen molar-refractivity contribution in [1.82, 2.24) is 4.90 Å². The van der Waals surface area contributed by atoms with E-state index in [0.717, 1.165) is 18.7 Å². The van der Waals surface area contributed by atoms with Crippen LogP contribution < -0.4 is 0 Å². The minimum absolute atomic E-state index is 0.0488. The van der Waals surface area contributed by atoms with E-state index in [1.54, 1.807) is 7.11 Å². The number of carbonyl (C=O) groups is 1. The van der Waals surface area contributed by atoms with Crippen LogP contribution in [0.4, 0.5) is 0 Å². The van der Waals surface area contributed by atoms with E-state index in [2.05, 4.69) is 17.0 Å². The van der Waals surface area contributed by atoms with Gasteiger partial charge in [-0.1, -0.05) is 24.3 Å². The first-order valence-electron chi connectivity index (χ1n) is 6.79. The lowest BCUT2D eigenvalue weighted by atomic mass is 10.1. The van der Waals surface area contributed by atoms with Crippen LogP contribution in [0.5, 0.6) is 0 Å². The molecule has 2 rings (SSSR count). The lowest BCUT2D eigenvalue weighted by Crippen LogP contribution is -2.45. The van der Waals surface area contributed by atoms with E-state index in [9.17, 15) is 4.79 Å². The van der Waals surface area contributed by atoms with Gasteiger partial charge in [0.25, 0.3) is 0 Å². The Hall–Kier alpha value is -1.43. The number of rotatable bonds is 6. The predicted octanol–water partition coefficient (Wildman–Crippen LogP) is 1.51. The molecule has 1 heterocycles. The molecule has 0 spiro atoms. The number of morpholine rings is 1. The first kappa shape index (κ1) is 15.0. The average molecular weight is 279 g/mol. The molecule has 0 aliphatic carbocycles. The lowest BCUT2D eigenvalue weighted by Gasteiger charge is -2.34. The van der Waals surface area contributed by atoms with Crippen LogP contribution >= 0.6 is 0 Å². The zero-order chi connectivity index (χ0) is 14.4. The fourth-order valence-electron chi connectivity index (χ4n) is 2.51. The number of carboxylic acids is 1. The summed E-state index contributed by atoms with van der Waals surface area (Å²) in [5.41, 5.74) is 2.31. The molecule has 1 aliphatic rings. The van der Waals surface area contributed by atoms with Crippen LogP contribution in [-0.4, -0.2) is 48.9 Å². The van der Waals surface area contributed by atoms with Crippen molar-refractivity contribution >= 4 is 5.97 Å². The Kier molecular flexibility index (Phi) is 5.52. The van der Waals surface area contributed by atoms with Crippen molar-refractivity contribution in [1.29, 1.82) is 0 Å². The van der Waals surface area contributed by atoms with E-state index in [4.69, 9.17) is 14.6 Å². The van der Waals surface area contributed by atoms with Gasteiger partial charge in [0.1, 0.15) is 0 Å². The Balaban J connectivity index is 2.02. The Morgan fingerprint density at radius 2 is 2.30 bits per heavy atom. The second kappa shape index (κ2) is 7.38. The summed E-state index contributed by atoms with van der Waals surface area (Å²) < 4.78 is 10.5. The molecular formula is C15H21NO4. The molecule has 110 valence electrons. The van der Waals surface area contributed by atoms with Gasteiger partial charge in [-0.2, -0.15) is 0 Å². The smallest absolute Gasteiger partial charge is 0.305 e. The monoisotopic (exact) mass is 279 g/mol. The van der Waals surface area contributed by atoms with Crippen molar-refractivity contribution in [2.45, 2.75) is 25.6 Å². The van der Waals surface area contributed by atoms with Gasteiger partial charge in [0.05, 0.1) is 26.2 Å². The molecule has 20 heavy (non-hydrogen) atoms. The Bertz CT molecular complexity index is 449. The average Bonchev–Trinajstić information content (AvgIpc) is 2.41. The van der Waals surface area contributed by atoms with E-state index in [1.807, 2.05) is 12.1 Å². The van der Waals surface area contributed by atoms with Crippen LogP contribution in [0.1, 0.15) is 17.5 Å². The molecule has 0 amide bonds. The maximum atomic E-state index is 10.9. The third-order valence-corrected chi connectivity index (χ3v) is 3.45. The van der Waals surface area contributed by atoms with Gasteiger partial charge in [0, 0.05) is 26.2 Å². The standard InChI is InChI=1S/C15H21NO4/c1-19-10-13-4-2-3-12(7-13)9-16-5-6-20-11-14(16)8-15(17)18/h2-4,7,14H,5-6,8-11H2,1H3,(H,17,18). The van der Waals surface area contributed by atoms with E-state index in [0.29, 0.717) is 19.8 Å². The van der Waals surface area contributed by atoms with Crippen LogP contribution in [0, 0.1) is 0 Å². The minimum atomic E-state index is -0.779. The second-order valence-electron chi connectivity index (χ2n) is 5.05. The first-order chi connectivity index (χ1) is 9.69. The lowest BCUT2D eigenvalue weighted by molar-refractivity contribution is -0.140. The van der Waals surface area contributed by atoms with Gasteiger partial charge >= 0.3 is 5.97 Å². The summed E-state index contributed by atoms with van der Waals surface area (Å²) in [6.07, 6.45) is 0.123. The Labute approximate surface area is 119 Å². The van der Waals surface area contributed by atoms with Gasteiger partial charge < -0.3 is 14.6 Å². The molecule has 0 radical (unpaired) electrons. The Morgan fingerprint density at radius 3 is 3.05 bits per heavy atom. The highest BCUT2D eigenvalue weighted by molar-refractivity contribution is 5.67. The summed E-state index contributed by atoms with van der Waals surface area (Å²) in [6, 6.07) is 8.16. The molecule has 5 heteroatoms. The van der Waals surface area contributed by atoms with Gasteiger partial charge in [-0.15, -0.1) is 0 Å². The van der Waals surface area contributed by atoms with Gasteiger partial charge in [-0.05, 0) is 11.1 Å². The summed E-state index contributed by atoms with van der Waals surface area (Å²) in [7, 11) is 1.68. The van der Waals surface area contributed by atoms with Crippen molar-refractivity contribution < 1.29 is 19.4 Å². The number of nitrogens with zero attached hydrogens (tertiary/aromatic N) is 1. The molecule has 1 aliphatic heterocycles. The van der Waals surface area contributed by atoms with Crippen LogP contribution in [-0.2, 0) is 27.4 Å². The van der Waals surface area contributed by atoms with Crippen LogP contribution in [0.25, 0.3) is 0 Å². The second-order valence-corrected chi connectivity index (χ2v) is 5.05. The summed E-state index contributed by atoms with van der Waals surface area (Å²) in [5.74, 6) is -0.779. The molecule has 1 fully saturated rings. The predicted molar refractivity (Wildman–Crippen MR) is 74.4 cm³/mol. The van der Waals surface area contributed by atoms with Crippen molar-refractivity contribution in [3.05, 3.63) is 35.4 Å². The molecule has 0 bridgehead atoms. The molecule has 1 N–H and O–H groups in total. The summed E-state index contributed by atoms with van der Waals surface area (Å²) in [6.45, 7) is 3.26. The SMILES string of the molecule is COCc1cccc(CN2CCOCC2CC(=O)O)c1. The first-order valence-corrected chi connectivity index (χ1v) is 6.79. The highest BCUT2D eigenvalue weighted by Gasteiger charge is 2.25. The fraction of sp³-hybridized carbons (Fsp3) is 0.533. The molecule has 0 aromatic heterocycles. The molecule has 1 atom stereocenters. The van der Waals surface area contributed by atoms with Crippen molar-refractivity contribution in [2.24, 2.45) is 0 Å². The summed E-state index contributed by atoms with van der Waals surface area (Å²) >= 11 is 0. The maximum Gasteiger partial charge on any atom is 0.305 e. The quantitative estimate of drug-likeness (QED) is 0.855. The van der Waals surface area contributed by atoms with Gasteiger partial charge in [0.2, 0.25) is 0 Å².